The predicted molar refractivity (Wildman–Crippen MR) is 59.4 cm³/mol. The van der Waals surface area contributed by atoms with Crippen molar-refractivity contribution in [3.63, 3.8) is 0 Å². The van der Waals surface area contributed by atoms with E-state index in [1.54, 1.807) is 6.07 Å². The van der Waals surface area contributed by atoms with Gasteiger partial charge in [0, 0.05) is 37.9 Å². The van der Waals surface area contributed by atoms with Crippen molar-refractivity contribution in [3.05, 3.63) is 28.2 Å². The van der Waals surface area contributed by atoms with Gasteiger partial charge in [-0.3, -0.25) is 4.79 Å². The van der Waals surface area contributed by atoms with Gasteiger partial charge in [-0.15, -0.1) is 0 Å². The highest BCUT2D eigenvalue weighted by molar-refractivity contribution is 5.58. The number of fused-ring (bicyclic) bond motifs is 3. The molecular weight excluding hydrogens is 190 g/mol. The van der Waals surface area contributed by atoms with Crippen molar-refractivity contribution in [3.8, 4) is 0 Å². The van der Waals surface area contributed by atoms with Crippen LogP contribution in [0.15, 0.2) is 17.1 Å². The third-order valence-corrected chi connectivity index (χ3v) is 3.44. The molecule has 80 valence electrons. The lowest BCUT2D eigenvalue weighted by molar-refractivity contribution is 0.273. The van der Waals surface area contributed by atoms with Crippen LogP contribution in [0.4, 0.5) is 5.69 Å². The van der Waals surface area contributed by atoms with Crippen molar-refractivity contribution in [2.75, 3.05) is 31.6 Å². The van der Waals surface area contributed by atoms with Crippen LogP contribution in [0, 0.1) is 0 Å². The van der Waals surface area contributed by atoms with Crippen LogP contribution in [0.3, 0.4) is 0 Å². The summed E-state index contributed by atoms with van der Waals surface area (Å²) in [6.07, 6.45) is 2.88. The Morgan fingerprint density at radius 1 is 1.47 bits per heavy atom. The largest absolute Gasteiger partial charge is 0.364 e. The summed E-state index contributed by atoms with van der Waals surface area (Å²) < 4.78 is 0. The van der Waals surface area contributed by atoms with Crippen LogP contribution < -0.4 is 10.5 Å². The number of likely N-dealkylation sites (N-methyl/N-ethyl adjacent to an activating group) is 1. The molecule has 0 saturated carbocycles. The van der Waals surface area contributed by atoms with E-state index in [9.17, 15) is 4.79 Å². The topological polar surface area (TPSA) is 39.3 Å². The van der Waals surface area contributed by atoms with Crippen LogP contribution >= 0.6 is 0 Å². The SMILES string of the molecule is CN1CCN2c3c[nH]c(=O)cc3CC2C1. The molecule has 3 rings (SSSR count). The second kappa shape index (κ2) is 3.10. The maximum atomic E-state index is 11.2. The lowest BCUT2D eigenvalue weighted by Crippen LogP contribution is -2.50. The Morgan fingerprint density at radius 3 is 3.20 bits per heavy atom. The summed E-state index contributed by atoms with van der Waals surface area (Å²) in [6, 6.07) is 2.31. The molecule has 1 saturated heterocycles. The third-order valence-electron chi connectivity index (χ3n) is 3.44. The van der Waals surface area contributed by atoms with Crippen molar-refractivity contribution in [1.82, 2.24) is 9.88 Å². The van der Waals surface area contributed by atoms with Crippen LogP contribution in [0.2, 0.25) is 0 Å². The van der Waals surface area contributed by atoms with Crippen molar-refractivity contribution in [2.45, 2.75) is 12.5 Å². The first-order valence-corrected chi connectivity index (χ1v) is 5.41. The number of pyridine rings is 1. The number of hydrogen-bond donors (Lipinski definition) is 1. The number of nitrogens with one attached hydrogen (secondary N) is 1. The molecule has 4 nitrogen and oxygen atoms in total. The summed E-state index contributed by atoms with van der Waals surface area (Å²) >= 11 is 0. The first-order valence-electron chi connectivity index (χ1n) is 5.41. The molecule has 1 aromatic rings. The second-order valence-electron chi connectivity index (χ2n) is 4.52. The fraction of sp³-hybridized carbons (Fsp3) is 0.545. The van der Waals surface area contributed by atoms with Gasteiger partial charge in [0.1, 0.15) is 0 Å². The normalized spacial score (nSPS) is 25.1. The monoisotopic (exact) mass is 205 g/mol. The highest BCUT2D eigenvalue weighted by atomic mass is 16.1. The van der Waals surface area contributed by atoms with Crippen molar-refractivity contribution in [1.29, 1.82) is 0 Å². The number of hydrogen-bond acceptors (Lipinski definition) is 3. The number of nitrogens with zero attached hydrogens (tertiary/aromatic N) is 2. The van der Waals surface area contributed by atoms with E-state index in [1.807, 2.05) is 6.20 Å². The van der Waals surface area contributed by atoms with Crippen molar-refractivity contribution < 1.29 is 0 Å². The molecule has 1 unspecified atom stereocenters. The molecule has 1 N–H and O–H groups in total. The third kappa shape index (κ3) is 1.36. The lowest BCUT2D eigenvalue weighted by atomic mass is 10.1. The quantitative estimate of drug-likeness (QED) is 0.650. The zero-order chi connectivity index (χ0) is 10.4. The highest BCUT2D eigenvalue weighted by Gasteiger charge is 2.32. The van der Waals surface area contributed by atoms with Crippen molar-refractivity contribution in [2.24, 2.45) is 0 Å². The van der Waals surface area contributed by atoms with Crippen LogP contribution in [-0.4, -0.2) is 42.6 Å². The van der Waals surface area contributed by atoms with E-state index in [1.165, 1.54) is 11.3 Å². The first kappa shape index (κ1) is 8.97. The average Bonchev–Trinajstić information content (AvgIpc) is 2.53. The Labute approximate surface area is 88.5 Å². The number of anilines is 1. The molecule has 3 heterocycles. The van der Waals surface area contributed by atoms with E-state index < -0.39 is 0 Å². The first-order chi connectivity index (χ1) is 7.24. The van der Waals surface area contributed by atoms with Gasteiger partial charge in [-0.1, -0.05) is 0 Å². The number of rotatable bonds is 0. The van der Waals surface area contributed by atoms with Gasteiger partial charge in [0.15, 0.2) is 0 Å². The Hall–Kier alpha value is -1.29. The van der Waals surface area contributed by atoms with E-state index >= 15 is 0 Å². The molecule has 1 fully saturated rings. The summed E-state index contributed by atoms with van der Waals surface area (Å²) in [5.41, 5.74) is 2.45. The van der Waals surface area contributed by atoms with Gasteiger partial charge in [-0.2, -0.15) is 0 Å². The molecule has 4 heteroatoms. The van der Waals surface area contributed by atoms with Crippen LogP contribution in [0.5, 0.6) is 0 Å². The van der Waals surface area contributed by atoms with Gasteiger partial charge < -0.3 is 14.8 Å². The molecule has 0 spiro atoms. The van der Waals surface area contributed by atoms with E-state index in [0.29, 0.717) is 6.04 Å². The van der Waals surface area contributed by atoms with Crippen LogP contribution in [0.25, 0.3) is 0 Å². The molecule has 1 aromatic heterocycles. The summed E-state index contributed by atoms with van der Waals surface area (Å²) in [5.74, 6) is 0. The van der Waals surface area contributed by atoms with Crippen LogP contribution in [-0.2, 0) is 6.42 Å². The van der Waals surface area contributed by atoms with E-state index in [-0.39, 0.29) is 5.56 Å². The molecule has 2 aliphatic heterocycles. The van der Waals surface area contributed by atoms with Gasteiger partial charge in [-0.05, 0) is 19.0 Å². The van der Waals surface area contributed by atoms with E-state index in [4.69, 9.17) is 0 Å². The molecule has 1 atom stereocenters. The lowest BCUT2D eigenvalue weighted by Gasteiger charge is -2.37. The Morgan fingerprint density at radius 2 is 2.33 bits per heavy atom. The molecule has 0 aromatic carbocycles. The smallest absolute Gasteiger partial charge is 0.248 e. The summed E-state index contributed by atoms with van der Waals surface area (Å²) in [6.45, 7) is 3.28. The van der Waals surface area contributed by atoms with Gasteiger partial charge in [0.2, 0.25) is 5.56 Å². The standard InChI is InChI=1S/C11H15N3O/c1-13-2-3-14-9(7-13)4-8-5-11(15)12-6-10(8)14/h5-6,9H,2-4,7H2,1H3,(H,12,15). The average molecular weight is 205 g/mol. The number of aromatic amines is 1. The minimum atomic E-state index is 0.0157. The van der Waals surface area contributed by atoms with E-state index in [0.717, 1.165) is 26.1 Å². The Balaban J connectivity index is 1.98. The van der Waals surface area contributed by atoms with Gasteiger partial charge in [0.05, 0.1) is 5.69 Å². The number of aromatic nitrogens is 1. The fourth-order valence-corrected chi connectivity index (χ4v) is 2.69. The fourth-order valence-electron chi connectivity index (χ4n) is 2.69. The number of H-pyrrole nitrogens is 1. The number of piperazine rings is 1. The van der Waals surface area contributed by atoms with Crippen molar-refractivity contribution >= 4 is 5.69 Å². The van der Waals surface area contributed by atoms with Gasteiger partial charge in [0.25, 0.3) is 0 Å². The second-order valence-corrected chi connectivity index (χ2v) is 4.52. The molecule has 15 heavy (non-hydrogen) atoms. The predicted octanol–water partition coefficient (Wildman–Crippen LogP) is 0.0514. The van der Waals surface area contributed by atoms with Crippen LogP contribution in [0.1, 0.15) is 5.56 Å². The van der Waals surface area contributed by atoms with E-state index in [2.05, 4.69) is 21.8 Å². The minimum absolute atomic E-state index is 0.0157. The molecule has 2 aliphatic rings. The minimum Gasteiger partial charge on any atom is -0.364 e. The summed E-state index contributed by atoms with van der Waals surface area (Å²) in [5, 5.41) is 0. The summed E-state index contributed by atoms with van der Waals surface area (Å²) in [7, 11) is 2.16. The van der Waals surface area contributed by atoms with Gasteiger partial charge in [-0.25, -0.2) is 0 Å². The maximum Gasteiger partial charge on any atom is 0.248 e. The molecule has 0 amide bonds. The maximum absolute atomic E-state index is 11.2. The summed E-state index contributed by atoms with van der Waals surface area (Å²) in [4.78, 5) is 18.8. The molecule has 0 aliphatic carbocycles. The highest BCUT2D eigenvalue weighted by Crippen LogP contribution is 2.31. The molecule has 0 radical (unpaired) electrons. The zero-order valence-corrected chi connectivity index (χ0v) is 8.86. The molecular formula is C11H15N3O. The van der Waals surface area contributed by atoms with Gasteiger partial charge >= 0.3 is 0 Å². The Kier molecular flexibility index (Phi) is 1.85. The molecule has 0 bridgehead atoms. The Bertz CT molecular complexity index is 440. The zero-order valence-electron chi connectivity index (χ0n) is 8.86.